The fourth-order valence-electron chi connectivity index (χ4n) is 2.27. The van der Waals surface area contributed by atoms with E-state index in [1.165, 1.54) is 0 Å². The molecular weight excluding hydrogens is 279 g/mol. The molecule has 1 saturated heterocycles. The second-order valence-corrected chi connectivity index (χ2v) is 6.11. The Kier molecular flexibility index (Phi) is 6.65. The average Bonchev–Trinajstić information content (AvgIpc) is 3.01. The molecule has 0 spiro atoms. The zero-order chi connectivity index (χ0) is 17.0. The largest absolute Gasteiger partial charge is 0.514 e. The van der Waals surface area contributed by atoms with E-state index < -0.39 is 7.12 Å². The lowest BCUT2D eigenvalue weighted by molar-refractivity contribution is 0.000615. The summed E-state index contributed by atoms with van der Waals surface area (Å²) in [5.41, 5.74) is 0.212. The van der Waals surface area contributed by atoms with E-state index in [0.717, 1.165) is 12.0 Å². The molecule has 0 radical (unpaired) electrons. The number of nitrogens with zero attached hydrogens (tertiary/aromatic N) is 2. The predicted molar refractivity (Wildman–Crippen MR) is 90.2 cm³/mol. The number of hydrogen-bond donors (Lipinski definition) is 0. The van der Waals surface area contributed by atoms with Crippen molar-refractivity contribution >= 4 is 12.7 Å². The van der Waals surface area contributed by atoms with Crippen LogP contribution >= 0.6 is 0 Å². The molecule has 5 nitrogen and oxygen atoms in total. The summed E-state index contributed by atoms with van der Waals surface area (Å²) in [6.07, 6.45) is 2.54. The third-order valence-corrected chi connectivity index (χ3v) is 4.18. The van der Waals surface area contributed by atoms with Crippen molar-refractivity contribution in [1.29, 1.82) is 0 Å². The summed E-state index contributed by atoms with van der Waals surface area (Å²) in [6, 6.07) is 1.93. The summed E-state index contributed by atoms with van der Waals surface area (Å²) in [4.78, 5) is 0. The first kappa shape index (κ1) is 19.2. The average molecular weight is 310 g/mol. The van der Waals surface area contributed by atoms with Gasteiger partial charge < -0.3 is 14.0 Å². The van der Waals surface area contributed by atoms with Gasteiger partial charge in [-0.25, -0.2) is 4.68 Å². The van der Waals surface area contributed by atoms with Gasteiger partial charge in [0.1, 0.15) is 6.23 Å². The molecule has 6 heteroatoms. The molecule has 0 N–H and O–H groups in total. The molecule has 22 heavy (non-hydrogen) atoms. The van der Waals surface area contributed by atoms with Crippen LogP contribution in [0.5, 0.6) is 0 Å². The van der Waals surface area contributed by atoms with Gasteiger partial charge in [-0.05, 0) is 47.1 Å². The molecule has 0 amide bonds. The Morgan fingerprint density at radius 3 is 2.18 bits per heavy atom. The Hall–Kier alpha value is -0.845. The van der Waals surface area contributed by atoms with Crippen molar-refractivity contribution in [3.05, 3.63) is 12.3 Å². The lowest BCUT2D eigenvalue weighted by Crippen LogP contribution is -2.41. The Balaban J connectivity index is 0.00000116. The Morgan fingerprint density at radius 2 is 1.73 bits per heavy atom. The monoisotopic (exact) mass is 310 g/mol. The summed E-state index contributed by atoms with van der Waals surface area (Å²) in [5, 5.41) is 4.38. The van der Waals surface area contributed by atoms with E-state index in [1.807, 2.05) is 59.2 Å². The maximum Gasteiger partial charge on any atom is 0.514 e. The van der Waals surface area contributed by atoms with Gasteiger partial charge in [-0.3, -0.25) is 0 Å². The minimum Gasteiger partial charge on any atom is -0.398 e. The smallest absolute Gasteiger partial charge is 0.398 e. The van der Waals surface area contributed by atoms with E-state index in [1.54, 1.807) is 6.20 Å². The maximum absolute atomic E-state index is 6.08. The van der Waals surface area contributed by atoms with Crippen LogP contribution in [0.4, 0.5) is 0 Å². The Labute approximate surface area is 135 Å². The fraction of sp³-hybridized carbons (Fsp3) is 0.812. The number of rotatable bonds is 5. The molecule has 1 aromatic rings. The van der Waals surface area contributed by atoms with Gasteiger partial charge in [-0.1, -0.05) is 20.8 Å². The second kappa shape index (κ2) is 7.62. The molecule has 1 atom stereocenters. The highest BCUT2D eigenvalue weighted by Gasteiger charge is 2.53. The van der Waals surface area contributed by atoms with Gasteiger partial charge in [0.05, 0.1) is 16.8 Å². The molecule has 0 aliphatic carbocycles. The second-order valence-electron chi connectivity index (χ2n) is 6.11. The van der Waals surface area contributed by atoms with Crippen LogP contribution < -0.4 is 5.59 Å². The molecule has 2 heterocycles. The first-order valence-electron chi connectivity index (χ1n) is 8.33. The van der Waals surface area contributed by atoms with Crippen LogP contribution in [0.25, 0.3) is 0 Å². The van der Waals surface area contributed by atoms with E-state index in [-0.39, 0.29) is 17.4 Å². The highest BCUT2D eigenvalue weighted by atomic mass is 16.7. The molecule has 2 rings (SSSR count). The predicted octanol–water partition coefficient (Wildman–Crippen LogP) is 3.15. The molecule has 1 aromatic heterocycles. The molecule has 126 valence electrons. The lowest BCUT2D eigenvalue weighted by Gasteiger charge is -2.32. The maximum atomic E-state index is 6.08. The van der Waals surface area contributed by atoms with E-state index in [9.17, 15) is 0 Å². The lowest BCUT2D eigenvalue weighted by atomic mass is 9.84. The Morgan fingerprint density at radius 1 is 1.18 bits per heavy atom. The third kappa shape index (κ3) is 3.73. The summed E-state index contributed by atoms with van der Waals surface area (Å²) in [5.74, 6) is 0. The van der Waals surface area contributed by atoms with Crippen LogP contribution in [0.3, 0.4) is 0 Å². The van der Waals surface area contributed by atoms with E-state index in [0.29, 0.717) is 6.61 Å². The minimum absolute atomic E-state index is 0.0796. The van der Waals surface area contributed by atoms with Crippen molar-refractivity contribution in [1.82, 2.24) is 9.78 Å². The van der Waals surface area contributed by atoms with Crippen molar-refractivity contribution < 1.29 is 14.0 Å². The van der Waals surface area contributed by atoms with E-state index in [2.05, 4.69) is 12.0 Å². The molecule has 1 aliphatic rings. The van der Waals surface area contributed by atoms with Crippen molar-refractivity contribution in [3.8, 4) is 0 Å². The van der Waals surface area contributed by atoms with Gasteiger partial charge in [0.25, 0.3) is 0 Å². The molecule has 1 fully saturated rings. The normalized spacial score (nSPS) is 20.5. The van der Waals surface area contributed by atoms with Gasteiger partial charge >= 0.3 is 7.12 Å². The number of ether oxygens (including phenoxy) is 1. The van der Waals surface area contributed by atoms with Crippen molar-refractivity contribution in [3.63, 3.8) is 0 Å². The van der Waals surface area contributed by atoms with Crippen molar-refractivity contribution in [2.75, 3.05) is 6.61 Å². The highest BCUT2D eigenvalue weighted by Crippen LogP contribution is 2.36. The standard InChI is InChI=1S/C14H25BN2O3.C2H6/c1-7-12(18-8-2)17-11(9-10-16-17)15-19-13(3,4)14(5,6)20-15;1-2/h9-10,12H,7-8H2,1-6H3;1-2H3. The number of aromatic nitrogens is 2. The zero-order valence-corrected chi connectivity index (χ0v) is 15.3. The summed E-state index contributed by atoms with van der Waals surface area (Å²) in [6.45, 7) is 16.9. The first-order chi connectivity index (χ1) is 10.3. The van der Waals surface area contributed by atoms with Gasteiger partial charge in [0.2, 0.25) is 0 Å². The Bertz CT molecular complexity index is 444. The van der Waals surface area contributed by atoms with Crippen LogP contribution in [-0.2, 0) is 14.0 Å². The number of hydrogen-bond acceptors (Lipinski definition) is 4. The van der Waals surface area contributed by atoms with E-state index in [4.69, 9.17) is 14.0 Å². The quantitative estimate of drug-likeness (QED) is 0.784. The highest BCUT2D eigenvalue weighted by molar-refractivity contribution is 6.61. The SMILES string of the molecule is CC.CCOC(CC)n1nccc1B1OC(C)(C)C(C)(C)O1. The molecule has 0 aromatic carbocycles. The molecule has 0 saturated carbocycles. The van der Waals surface area contributed by atoms with Crippen LogP contribution in [0.2, 0.25) is 0 Å². The topological polar surface area (TPSA) is 45.5 Å². The zero-order valence-electron chi connectivity index (χ0n) is 15.3. The van der Waals surface area contributed by atoms with Crippen molar-refractivity contribution in [2.24, 2.45) is 0 Å². The summed E-state index contributed by atoms with van der Waals surface area (Å²) < 4.78 is 19.8. The van der Waals surface area contributed by atoms with Crippen molar-refractivity contribution in [2.45, 2.75) is 79.2 Å². The fourth-order valence-corrected chi connectivity index (χ4v) is 2.27. The van der Waals surface area contributed by atoms with Crippen LogP contribution in [0.15, 0.2) is 12.3 Å². The molecule has 1 aliphatic heterocycles. The molecule has 0 bridgehead atoms. The van der Waals surface area contributed by atoms with E-state index >= 15 is 0 Å². The minimum atomic E-state index is -0.406. The van der Waals surface area contributed by atoms with Gasteiger partial charge in [-0.15, -0.1) is 0 Å². The van der Waals surface area contributed by atoms with Crippen LogP contribution in [0, 0.1) is 0 Å². The summed E-state index contributed by atoms with van der Waals surface area (Å²) in [7, 11) is -0.406. The van der Waals surface area contributed by atoms with Gasteiger partial charge in [0, 0.05) is 12.8 Å². The molecule has 1 unspecified atom stereocenters. The van der Waals surface area contributed by atoms with Crippen LogP contribution in [-0.4, -0.2) is 34.7 Å². The summed E-state index contributed by atoms with van der Waals surface area (Å²) >= 11 is 0. The first-order valence-corrected chi connectivity index (χ1v) is 8.33. The van der Waals surface area contributed by atoms with Gasteiger partial charge in [0.15, 0.2) is 0 Å². The molecular formula is C16H31BN2O3. The third-order valence-electron chi connectivity index (χ3n) is 4.18. The van der Waals surface area contributed by atoms with Crippen LogP contribution in [0.1, 0.15) is 68.0 Å². The van der Waals surface area contributed by atoms with Gasteiger partial charge in [-0.2, -0.15) is 5.10 Å².